The Kier molecular flexibility index (Phi) is 3.65. The predicted octanol–water partition coefficient (Wildman–Crippen LogP) is 4.92. The summed E-state index contributed by atoms with van der Waals surface area (Å²) in [6.45, 7) is 8.10. The first kappa shape index (κ1) is 13.3. The zero-order valence-corrected chi connectivity index (χ0v) is 11.9. The summed E-state index contributed by atoms with van der Waals surface area (Å²) in [6, 6.07) is 9.97. The lowest BCUT2D eigenvalue weighted by molar-refractivity contribution is 1.16. The van der Waals surface area contributed by atoms with Crippen molar-refractivity contribution in [2.75, 3.05) is 5.73 Å². The molecule has 0 aliphatic rings. The molecule has 0 aromatic heterocycles. The number of azo groups is 1. The van der Waals surface area contributed by atoms with Gasteiger partial charge in [0.05, 0.1) is 11.4 Å². The minimum Gasteiger partial charge on any atom is -0.399 e. The Bertz CT molecular complexity index is 599. The second kappa shape index (κ2) is 5.22. The van der Waals surface area contributed by atoms with Crippen LogP contribution in [-0.2, 0) is 0 Å². The maximum absolute atomic E-state index is 5.81. The molecule has 2 aromatic rings. The number of aryl methyl sites for hydroxylation is 4. The van der Waals surface area contributed by atoms with Crippen LogP contribution in [0.2, 0.25) is 0 Å². The lowest BCUT2D eigenvalue weighted by atomic mass is 10.1. The Morgan fingerprint density at radius 1 is 0.737 bits per heavy atom. The molecule has 0 saturated carbocycles. The van der Waals surface area contributed by atoms with E-state index in [9.17, 15) is 0 Å². The van der Waals surface area contributed by atoms with E-state index in [4.69, 9.17) is 5.73 Å². The molecule has 0 atom stereocenters. The molecule has 0 aliphatic heterocycles. The smallest absolute Gasteiger partial charge is 0.0916 e. The van der Waals surface area contributed by atoms with Gasteiger partial charge in [-0.15, -0.1) is 10.2 Å². The Labute approximate surface area is 114 Å². The molecule has 3 nitrogen and oxygen atoms in total. The van der Waals surface area contributed by atoms with Gasteiger partial charge < -0.3 is 5.73 Å². The average molecular weight is 253 g/mol. The number of rotatable bonds is 2. The second-order valence-corrected chi connectivity index (χ2v) is 4.94. The highest BCUT2D eigenvalue weighted by molar-refractivity contribution is 5.60. The van der Waals surface area contributed by atoms with Crippen LogP contribution in [0.5, 0.6) is 0 Å². The summed E-state index contributed by atoms with van der Waals surface area (Å²) < 4.78 is 0. The third-order valence-corrected chi connectivity index (χ3v) is 3.20. The summed E-state index contributed by atoms with van der Waals surface area (Å²) in [5.74, 6) is 0. The van der Waals surface area contributed by atoms with Crippen LogP contribution in [-0.4, -0.2) is 0 Å². The first-order valence-electron chi connectivity index (χ1n) is 6.33. The molecular weight excluding hydrogens is 234 g/mol. The van der Waals surface area contributed by atoms with Crippen LogP contribution >= 0.6 is 0 Å². The summed E-state index contributed by atoms with van der Waals surface area (Å²) in [4.78, 5) is 0. The number of hydrogen-bond acceptors (Lipinski definition) is 3. The van der Waals surface area contributed by atoms with E-state index in [0.29, 0.717) is 0 Å². The summed E-state index contributed by atoms with van der Waals surface area (Å²) >= 11 is 0. The SMILES string of the molecule is Cc1cccc(C)c1N=Nc1c(C)cc(N)cc1C. The lowest BCUT2D eigenvalue weighted by Crippen LogP contribution is -1.88. The van der Waals surface area contributed by atoms with Crippen LogP contribution in [0.3, 0.4) is 0 Å². The van der Waals surface area contributed by atoms with Crippen molar-refractivity contribution < 1.29 is 0 Å². The molecule has 0 heterocycles. The fourth-order valence-electron chi connectivity index (χ4n) is 2.21. The van der Waals surface area contributed by atoms with E-state index >= 15 is 0 Å². The highest BCUT2D eigenvalue weighted by atomic mass is 15.1. The van der Waals surface area contributed by atoms with Crippen molar-refractivity contribution in [1.82, 2.24) is 0 Å². The molecule has 0 aliphatic carbocycles. The monoisotopic (exact) mass is 253 g/mol. The first-order valence-corrected chi connectivity index (χ1v) is 6.33. The van der Waals surface area contributed by atoms with E-state index in [1.165, 1.54) is 0 Å². The molecule has 0 radical (unpaired) electrons. The van der Waals surface area contributed by atoms with E-state index in [1.54, 1.807) is 0 Å². The van der Waals surface area contributed by atoms with Gasteiger partial charge in [-0.3, -0.25) is 0 Å². The first-order chi connectivity index (χ1) is 8.99. The van der Waals surface area contributed by atoms with Crippen LogP contribution in [0, 0.1) is 27.7 Å². The summed E-state index contributed by atoms with van der Waals surface area (Å²) in [6.07, 6.45) is 0. The zero-order valence-electron chi connectivity index (χ0n) is 11.9. The quantitative estimate of drug-likeness (QED) is 0.599. The van der Waals surface area contributed by atoms with Crippen LogP contribution < -0.4 is 5.73 Å². The van der Waals surface area contributed by atoms with Crippen molar-refractivity contribution in [2.24, 2.45) is 10.2 Å². The van der Waals surface area contributed by atoms with Gasteiger partial charge >= 0.3 is 0 Å². The highest BCUT2D eigenvalue weighted by Crippen LogP contribution is 2.30. The lowest BCUT2D eigenvalue weighted by Gasteiger charge is -2.06. The van der Waals surface area contributed by atoms with Gasteiger partial charge in [-0.1, -0.05) is 18.2 Å². The molecule has 0 spiro atoms. The van der Waals surface area contributed by atoms with Gasteiger partial charge in [0.1, 0.15) is 0 Å². The van der Waals surface area contributed by atoms with Gasteiger partial charge in [-0.2, -0.15) is 0 Å². The van der Waals surface area contributed by atoms with Crippen molar-refractivity contribution in [2.45, 2.75) is 27.7 Å². The third kappa shape index (κ3) is 2.81. The van der Waals surface area contributed by atoms with E-state index in [-0.39, 0.29) is 0 Å². The van der Waals surface area contributed by atoms with E-state index in [0.717, 1.165) is 39.3 Å². The van der Waals surface area contributed by atoms with Crippen LogP contribution in [0.1, 0.15) is 22.3 Å². The Morgan fingerprint density at radius 3 is 1.63 bits per heavy atom. The van der Waals surface area contributed by atoms with Crippen LogP contribution in [0.25, 0.3) is 0 Å². The van der Waals surface area contributed by atoms with Gasteiger partial charge in [-0.25, -0.2) is 0 Å². The number of nitrogen functional groups attached to an aromatic ring is 1. The topological polar surface area (TPSA) is 50.7 Å². The summed E-state index contributed by atoms with van der Waals surface area (Å²) in [5, 5.41) is 8.82. The van der Waals surface area contributed by atoms with E-state index in [2.05, 4.69) is 10.2 Å². The molecular formula is C16H19N3. The molecule has 0 saturated heterocycles. The Hall–Kier alpha value is -2.16. The summed E-state index contributed by atoms with van der Waals surface area (Å²) in [7, 11) is 0. The van der Waals surface area contributed by atoms with Crippen molar-refractivity contribution in [3.05, 3.63) is 52.6 Å². The van der Waals surface area contributed by atoms with E-state index < -0.39 is 0 Å². The van der Waals surface area contributed by atoms with Gasteiger partial charge in [0.15, 0.2) is 0 Å². The number of hydrogen-bond donors (Lipinski definition) is 1. The molecule has 0 unspecified atom stereocenters. The third-order valence-electron chi connectivity index (χ3n) is 3.20. The van der Waals surface area contributed by atoms with Gasteiger partial charge in [-0.05, 0) is 62.1 Å². The number of anilines is 1. The van der Waals surface area contributed by atoms with Crippen molar-refractivity contribution in [3.8, 4) is 0 Å². The Balaban J connectivity index is 2.44. The fourth-order valence-corrected chi connectivity index (χ4v) is 2.21. The minimum absolute atomic E-state index is 0.765. The average Bonchev–Trinajstić information content (AvgIpc) is 2.31. The van der Waals surface area contributed by atoms with Crippen molar-refractivity contribution in [3.63, 3.8) is 0 Å². The molecule has 3 heteroatoms. The molecule has 19 heavy (non-hydrogen) atoms. The van der Waals surface area contributed by atoms with Crippen molar-refractivity contribution in [1.29, 1.82) is 0 Å². The van der Waals surface area contributed by atoms with Crippen LogP contribution in [0.4, 0.5) is 17.1 Å². The number of nitrogens with zero attached hydrogens (tertiary/aromatic N) is 2. The fraction of sp³-hybridized carbons (Fsp3) is 0.250. The molecule has 0 fully saturated rings. The van der Waals surface area contributed by atoms with Gasteiger partial charge in [0.2, 0.25) is 0 Å². The van der Waals surface area contributed by atoms with Crippen molar-refractivity contribution >= 4 is 17.1 Å². The molecule has 0 bridgehead atoms. The largest absolute Gasteiger partial charge is 0.399 e. The maximum Gasteiger partial charge on any atom is 0.0916 e. The maximum atomic E-state index is 5.81. The molecule has 98 valence electrons. The Morgan fingerprint density at radius 2 is 1.16 bits per heavy atom. The van der Waals surface area contributed by atoms with Crippen LogP contribution in [0.15, 0.2) is 40.6 Å². The second-order valence-electron chi connectivity index (χ2n) is 4.94. The standard InChI is InChI=1S/C16H19N3/c1-10-6-5-7-11(2)15(10)18-19-16-12(3)8-14(17)9-13(16)4/h5-9H,17H2,1-4H3. The van der Waals surface area contributed by atoms with Gasteiger partial charge in [0.25, 0.3) is 0 Å². The molecule has 2 N–H and O–H groups in total. The predicted molar refractivity (Wildman–Crippen MR) is 80.4 cm³/mol. The minimum atomic E-state index is 0.765. The normalized spacial score (nSPS) is 11.2. The number of nitrogens with two attached hydrogens (primary N) is 1. The number of benzene rings is 2. The molecule has 0 amide bonds. The molecule has 2 aromatic carbocycles. The highest BCUT2D eigenvalue weighted by Gasteiger charge is 2.04. The molecule has 2 rings (SSSR count). The van der Waals surface area contributed by atoms with Gasteiger partial charge in [0, 0.05) is 5.69 Å². The zero-order chi connectivity index (χ0) is 14.0. The summed E-state index contributed by atoms with van der Waals surface area (Å²) in [5.41, 5.74) is 12.8. The van der Waals surface area contributed by atoms with E-state index in [1.807, 2.05) is 58.0 Å².